The average Bonchev–Trinajstić information content (AvgIpc) is 2.14. The zero-order valence-corrected chi connectivity index (χ0v) is 10.5. The van der Waals surface area contributed by atoms with Crippen molar-refractivity contribution < 1.29 is 0 Å². The van der Waals surface area contributed by atoms with Gasteiger partial charge < -0.3 is 0 Å². The molecule has 1 fully saturated rings. The van der Waals surface area contributed by atoms with Gasteiger partial charge in [-0.25, -0.2) is 0 Å². The lowest BCUT2D eigenvalue weighted by atomic mass is 9.81. The van der Waals surface area contributed by atoms with Gasteiger partial charge in [0.25, 0.3) is 0 Å². The van der Waals surface area contributed by atoms with Gasteiger partial charge >= 0.3 is 0 Å². The van der Waals surface area contributed by atoms with Crippen LogP contribution in [-0.2, 0) is 0 Å². The van der Waals surface area contributed by atoms with E-state index in [0.717, 1.165) is 11.8 Å². The molecule has 0 bridgehead atoms. The fourth-order valence-electron chi connectivity index (χ4n) is 2.33. The highest BCUT2D eigenvalue weighted by molar-refractivity contribution is 6.19. The number of alkyl halides is 1. The van der Waals surface area contributed by atoms with Crippen molar-refractivity contribution >= 4 is 11.6 Å². The number of hydrogen-bond acceptors (Lipinski definition) is 0. The second-order valence-electron chi connectivity index (χ2n) is 5.06. The molecule has 0 N–H and O–H groups in total. The summed E-state index contributed by atoms with van der Waals surface area (Å²) < 4.78 is 0. The summed E-state index contributed by atoms with van der Waals surface area (Å²) in [5, 5.41) is 0. The molecule has 14 heavy (non-hydrogen) atoms. The lowest BCUT2D eigenvalue weighted by Gasteiger charge is -2.25. The van der Waals surface area contributed by atoms with Crippen LogP contribution in [0.5, 0.6) is 0 Å². The molecule has 0 radical (unpaired) electrons. The van der Waals surface area contributed by atoms with Gasteiger partial charge in [0.15, 0.2) is 0 Å². The standard InChI is InChI=1S/C13H23Cl/c1-10(2)13(9-14)8-12-6-4-5-11(3)7-12/h8,10-12H,4-7,9H2,1-3H3. The van der Waals surface area contributed by atoms with Gasteiger partial charge in [0.05, 0.1) is 0 Å². The Kier molecular flexibility index (Phi) is 5.01. The Morgan fingerprint density at radius 1 is 1.43 bits per heavy atom. The van der Waals surface area contributed by atoms with Crippen LogP contribution in [0.2, 0.25) is 0 Å². The van der Waals surface area contributed by atoms with E-state index in [9.17, 15) is 0 Å². The molecule has 0 nitrogen and oxygen atoms in total. The molecule has 0 spiro atoms. The molecule has 1 rings (SSSR count). The predicted octanol–water partition coefficient (Wildman–Crippen LogP) is 4.63. The highest BCUT2D eigenvalue weighted by Gasteiger charge is 2.17. The zero-order valence-electron chi connectivity index (χ0n) is 9.72. The number of allylic oxidation sites excluding steroid dienone is 2. The third-order valence-corrected chi connectivity index (χ3v) is 3.63. The van der Waals surface area contributed by atoms with Crippen molar-refractivity contribution in [3.8, 4) is 0 Å². The van der Waals surface area contributed by atoms with E-state index in [-0.39, 0.29) is 0 Å². The average molecular weight is 215 g/mol. The molecule has 0 heterocycles. The molecule has 2 unspecified atom stereocenters. The minimum Gasteiger partial charge on any atom is -0.122 e. The number of halogens is 1. The molecule has 1 aliphatic rings. The third kappa shape index (κ3) is 3.65. The van der Waals surface area contributed by atoms with Crippen LogP contribution in [0.3, 0.4) is 0 Å². The van der Waals surface area contributed by atoms with Crippen molar-refractivity contribution in [3.05, 3.63) is 11.6 Å². The minimum absolute atomic E-state index is 0.615. The first-order chi connectivity index (χ1) is 6.63. The van der Waals surface area contributed by atoms with Crippen molar-refractivity contribution in [3.63, 3.8) is 0 Å². The van der Waals surface area contributed by atoms with Crippen LogP contribution in [0.25, 0.3) is 0 Å². The second-order valence-corrected chi connectivity index (χ2v) is 5.33. The molecule has 82 valence electrons. The SMILES string of the molecule is CC1CCCC(C=C(CCl)C(C)C)C1. The maximum absolute atomic E-state index is 5.95. The van der Waals surface area contributed by atoms with Gasteiger partial charge in [-0.05, 0) is 30.6 Å². The van der Waals surface area contributed by atoms with Crippen LogP contribution >= 0.6 is 11.6 Å². The minimum atomic E-state index is 0.615. The Hall–Kier alpha value is 0.0300. The van der Waals surface area contributed by atoms with E-state index >= 15 is 0 Å². The van der Waals surface area contributed by atoms with Crippen LogP contribution < -0.4 is 0 Å². The monoisotopic (exact) mass is 214 g/mol. The van der Waals surface area contributed by atoms with E-state index in [1.807, 2.05) is 0 Å². The van der Waals surface area contributed by atoms with Gasteiger partial charge in [-0.2, -0.15) is 0 Å². The summed E-state index contributed by atoms with van der Waals surface area (Å²) in [7, 11) is 0. The molecule has 0 amide bonds. The maximum atomic E-state index is 5.95. The van der Waals surface area contributed by atoms with E-state index in [2.05, 4.69) is 26.8 Å². The molecule has 0 saturated heterocycles. The van der Waals surface area contributed by atoms with Crippen molar-refractivity contribution in [2.45, 2.75) is 46.5 Å². The highest BCUT2D eigenvalue weighted by atomic mass is 35.5. The van der Waals surface area contributed by atoms with Crippen molar-refractivity contribution in [2.24, 2.45) is 17.8 Å². The van der Waals surface area contributed by atoms with Crippen molar-refractivity contribution in [1.82, 2.24) is 0 Å². The number of rotatable bonds is 3. The molecule has 2 atom stereocenters. The molecule has 0 aromatic heterocycles. The lowest BCUT2D eigenvalue weighted by molar-refractivity contribution is 0.323. The van der Waals surface area contributed by atoms with Crippen LogP contribution in [-0.4, -0.2) is 5.88 Å². The summed E-state index contributed by atoms with van der Waals surface area (Å²) in [5.74, 6) is 3.04. The Morgan fingerprint density at radius 3 is 2.64 bits per heavy atom. The first-order valence-electron chi connectivity index (χ1n) is 5.90. The van der Waals surface area contributed by atoms with Gasteiger partial charge in [0.2, 0.25) is 0 Å². The molecular formula is C13H23Cl. The summed E-state index contributed by atoms with van der Waals surface area (Å²) in [4.78, 5) is 0. The summed E-state index contributed by atoms with van der Waals surface area (Å²) in [6.07, 6.45) is 8.01. The van der Waals surface area contributed by atoms with E-state index in [1.54, 1.807) is 0 Å². The van der Waals surface area contributed by atoms with Gasteiger partial charge in [-0.3, -0.25) is 0 Å². The molecule has 1 aliphatic carbocycles. The maximum Gasteiger partial charge on any atom is 0.0436 e. The van der Waals surface area contributed by atoms with Crippen LogP contribution in [0.15, 0.2) is 11.6 Å². The summed E-state index contributed by atoms with van der Waals surface area (Å²) in [6.45, 7) is 6.84. The first kappa shape index (κ1) is 12.1. The Labute approximate surface area is 93.7 Å². The molecule has 0 aromatic rings. The first-order valence-corrected chi connectivity index (χ1v) is 6.43. The van der Waals surface area contributed by atoms with Crippen LogP contribution in [0, 0.1) is 17.8 Å². The second kappa shape index (κ2) is 5.80. The molecule has 0 aromatic carbocycles. The smallest absolute Gasteiger partial charge is 0.0436 e. The number of hydrogen-bond donors (Lipinski definition) is 0. The largest absolute Gasteiger partial charge is 0.122 e. The predicted molar refractivity (Wildman–Crippen MR) is 64.8 cm³/mol. The zero-order chi connectivity index (χ0) is 10.6. The molecular weight excluding hydrogens is 192 g/mol. The summed E-state index contributed by atoms with van der Waals surface area (Å²) >= 11 is 5.95. The highest BCUT2D eigenvalue weighted by Crippen LogP contribution is 2.31. The molecule has 0 aliphatic heterocycles. The Bertz CT molecular complexity index is 193. The van der Waals surface area contributed by atoms with E-state index in [0.29, 0.717) is 11.8 Å². The van der Waals surface area contributed by atoms with Gasteiger partial charge in [-0.1, -0.05) is 45.3 Å². The molecule has 1 saturated carbocycles. The van der Waals surface area contributed by atoms with E-state index in [4.69, 9.17) is 11.6 Å². The fraction of sp³-hybridized carbons (Fsp3) is 0.846. The van der Waals surface area contributed by atoms with Crippen LogP contribution in [0.4, 0.5) is 0 Å². The summed E-state index contributed by atoms with van der Waals surface area (Å²) in [6, 6.07) is 0. The summed E-state index contributed by atoms with van der Waals surface area (Å²) in [5.41, 5.74) is 1.44. The van der Waals surface area contributed by atoms with E-state index in [1.165, 1.54) is 31.3 Å². The lowest BCUT2D eigenvalue weighted by Crippen LogP contribution is -2.12. The van der Waals surface area contributed by atoms with Gasteiger partial charge in [0.1, 0.15) is 0 Å². The third-order valence-electron chi connectivity index (χ3n) is 3.32. The Balaban J connectivity index is 2.55. The molecule has 1 heteroatoms. The quantitative estimate of drug-likeness (QED) is 0.475. The fourth-order valence-corrected chi connectivity index (χ4v) is 2.72. The van der Waals surface area contributed by atoms with Gasteiger partial charge in [0, 0.05) is 5.88 Å². The van der Waals surface area contributed by atoms with Crippen molar-refractivity contribution in [2.75, 3.05) is 5.88 Å². The van der Waals surface area contributed by atoms with Crippen molar-refractivity contribution in [1.29, 1.82) is 0 Å². The topological polar surface area (TPSA) is 0 Å². The van der Waals surface area contributed by atoms with Gasteiger partial charge in [-0.15, -0.1) is 11.6 Å². The normalized spacial score (nSPS) is 29.6. The van der Waals surface area contributed by atoms with E-state index < -0.39 is 0 Å². The Morgan fingerprint density at radius 2 is 2.14 bits per heavy atom. The van der Waals surface area contributed by atoms with Crippen LogP contribution in [0.1, 0.15) is 46.5 Å².